The van der Waals surface area contributed by atoms with Gasteiger partial charge in [0.2, 0.25) is 5.88 Å². The average molecular weight is 358 g/mol. The lowest BCUT2D eigenvalue weighted by Gasteiger charge is -2.15. The van der Waals surface area contributed by atoms with Crippen LogP contribution in [0.1, 0.15) is 19.4 Å². The predicted molar refractivity (Wildman–Crippen MR) is 103 cm³/mol. The molecule has 0 amide bonds. The Hall–Kier alpha value is -2.96. The maximum Gasteiger partial charge on any atom is 0.213 e. The van der Waals surface area contributed by atoms with Crippen molar-refractivity contribution in [1.82, 2.24) is 10.3 Å². The Morgan fingerprint density at radius 2 is 1.88 bits per heavy atom. The van der Waals surface area contributed by atoms with Gasteiger partial charge >= 0.3 is 0 Å². The van der Waals surface area contributed by atoms with E-state index in [1.165, 1.54) is 0 Å². The Bertz CT molecular complexity index is 734. The van der Waals surface area contributed by atoms with Crippen LogP contribution in [0, 0.1) is 0 Å². The van der Waals surface area contributed by atoms with Crippen molar-refractivity contribution in [3.05, 3.63) is 42.1 Å². The fourth-order valence-corrected chi connectivity index (χ4v) is 2.31. The van der Waals surface area contributed by atoms with Crippen molar-refractivity contribution in [2.45, 2.75) is 20.4 Å². The van der Waals surface area contributed by atoms with Crippen LogP contribution >= 0.6 is 0 Å². The number of hydrogen-bond donors (Lipinski definition) is 2. The number of guanidine groups is 1. The van der Waals surface area contributed by atoms with Gasteiger partial charge < -0.3 is 24.8 Å². The van der Waals surface area contributed by atoms with Gasteiger partial charge in [0.1, 0.15) is 0 Å². The molecule has 0 aliphatic rings. The predicted octanol–water partition coefficient (Wildman–Crippen LogP) is 3.08. The van der Waals surface area contributed by atoms with Gasteiger partial charge in [-0.15, -0.1) is 0 Å². The monoisotopic (exact) mass is 358 g/mol. The zero-order valence-corrected chi connectivity index (χ0v) is 15.7. The molecule has 0 unspecified atom stereocenters. The third-order valence-electron chi connectivity index (χ3n) is 3.50. The van der Waals surface area contributed by atoms with Crippen molar-refractivity contribution >= 4 is 11.6 Å². The van der Waals surface area contributed by atoms with E-state index in [1.54, 1.807) is 20.4 Å². The van der Waals surface area contributed by atoms with Crippen LogP contribution in [0.5, 0.6) is 17.4 Å². The van der Waals surface area contributed by atoms with E-state index in [0.717, 1.165) is 11.3 Å². The SMILES string of the molecule is CCOc1cc(CNC(=NC)Nc2ccc(OCC)c(OC)c2)ccn1. The first-order valence-electron chi connectivity index (χ1n) is 8.56. The third-order valence-corrected chi connectivity index (χ3v) is 3.50. The van der Waals surface area contributed by atoms with Crippen molar-refractivity contribution in [3.8, 4) is 17.4 Å². The van der Waals surface area contributed by atoms with Gasteiger partial charge in [0, 0.05) is 37.6 Å². The second-order valence-electron chi connectivity index (χ2n) is 5.28. The number of nitrogens with zero attached hydrogens (tertiary/aromatic N) is 2. The second-order valence-corrected chi connectivity index (χ2v) is 5.28. The number of aliphatic imine (C=N–C) groups is 1. The summed E-state index contributed by atoms with van der Waals surface area (Å²) in [5.74, 6) is 2.64. The highest BCUT2D eigenvalue weighted by Gasteiger charge is 2.07. The van der Waals surface area contributed by atoms with Crippen LogP contribution in [0.4, 0.5) is 5.69 Å². The molecular formula is C19H26N4O3. The third kappa shape index (κ3) is 5.54. The number of benzene rings is 1. The number of ether oxygens (including phenoxy) is 3. The van der Waals surface area contributed by atoms with E-state index in [9.17, 15) is 0 Å². The van der Waals surface area contributed by atoms with Crippen LogP contribution in [-0.2, 0) is 6.54 Å². The molecule has 1 aromatic heterocycles. The highest BCUT2D eigenvalue weighted by Crippen LogP contribution is 2.30. The van der Waals surface area contributed by atoms with Crippen LogP contribution in [0.2, 0.25) is 0 Å². The molecule has 0 fully saturated rings. The average Bonchev–Trinajstić information content (AvgIpc) is 2.67. The Balaban J connectivity index is 2.00. The first-order chi connectivity index (χ1) is 12.7. The molecule has 2 aromatic rings. The zero-order valence-electron chi connectivity index (χ0n) is 15.7. The Labute approximate surface area is 154 Å². The van der Waals surface area contributed by atoms with Gasteiger partial charge in [-0.2, -0.15) is 0 Å². The van der Waals surface area contributed by atoms with Gasteiger partial charge in [-0.05, 0) is 37.6 Å². The highest BCUT2D eigenvalue weighted by molar-refractivity contribution is 5.93. The molecule has 140 valence electrons. The van der Waals surface area contributed by atoms with E-state index in [0.29, 0.717) is 43.1 Å². The van der Waals surface area contributed by atoms with Gasteiger partial charge in [0.25, 0.3) is 0 Å². The first kappa shape index (κ1) is 19.4. The maximum absolute atomic E-state index is 5.53. The van der Waals surface area contributed by atoms with Crippen molar-refractivity contribution in [2.24, 2.45) is 4.99 Å². The van der Waals surface area contributed by atoms with E-state index in [2.05, 4.69) is 20.6 Å². The van der Waals surface area contributed by atoms with Gasteiger partial charge in [-0.1, -0.05) is 0 Å². The second kappa shape index (κ2) is 10.1. The minimum atomic E-state index is 0.585. The molecule has 0 saturated heterocycles. The van der Waals surface area contributed by atoms with Crippen molar-refractivity contribution < 1.29 is 14.2 Å². The number of aromatic nitrogens is 1. The molecule has 0 aliphatic carbocycles. The van der Waals surface area contributed by atoms with Crippen LogP contribution in [-0.4, -0.2) is 38.3 Å². The lowest BCUT2D eigenvalue weighted by atomic mass is 10.2. The normalized spacial score (nSPS) is 11.0. The van der Waals surface area contributed by atoms with Crippen LogP contribution < -0.4 is 24.8 Å². The molecule has 0 radical (unpaired) electrons. The molecule has 0 saturated carbocycles. The summed E-state index contributed by atoms with van der Waals surface area (Å²) < 4.78 is 16.3. The topological polar surface area (TPSA) is 77.0 Å². The molecule has 2 rings (SSSR count). The first-order valence-corrected chi connectivity index (χ1v) is 8.56. The number of methoxy groups -OCH3 is 1. The number of nitrogens with one attached hydrogen (secondary N) is 2. The van der Waals surface area contributed by atoms with Crippen molar-refractivity contribution in [2.75, 3.05) is 32.7 Å². The Morgan fingerprint density at radius 3 is 2.58 bits per heavy atom. The number of hydrogen-bond acceptors (Lipinski definition) is 5. The summed E-state index contributed by atoms with van der Waals surface area (Å²) in [5.41, 5.74) is 1.90. The summed E-state index contributed by atoms with van der Waals surface area (Å²) in [7, 11) is 3.34. The largest absolute Gasteiger partial charge is 0.493 e. The number of rotatable bonds is 8. The van der Waals surface area contributed by atoms with E-state index in [1.807, 2.05) is 44.2 Å². The summed E-state index contributed by atoms with van der Waals surface area (Å²) >= 11 is 0. The molecular weight excluding hydrogens is 332 g/mol. The molecule has 0 bridgehead atoms. The fraction of sp³-hybridized carbons (Fsp3) is 0.368. The summed E-state index contributed by atoms with van der Waals surface area (Å²) in [5, 5.41) is 6.50. The van der Waals surface area contributed by atoms with Gasteiger partial charge in [0.05, 0.1) is 20.3 Å². The molecule has 7 heteroatoms. The Kier molecular flexibility index (Phi) is 7.54. The lowest BCUT2D eigenvalue weighted by Crippen LogP contribution is -2.30. The summed E-state index contributed by atoms with van der Waals surface area (Å²) in [6, 6.07) is 9.50. The molecule has 1 aromatic carbocycles. The van der Waals surface area contributed by atoms with Gasteiger partial charge in [0.15, 0.2) is 17.5 Å². The molecule has 1 heterocycles. The van der Waals surface area contributed by atoms with Crippen LogP contribution in [0.25, 0.3) is 0 Å². The van der Waals surface area contributed by atoms with E-state index >= 15 is 0 Å². The van der Waals surface area contributed by atoms with E-state index < -0.39 is 0 Å². The summed E-state index contributed by atoms with van der Waals surface area (Å²) in [4.78, 5) is 8.41. The standard InChI is InChI=1S/C19H26N4O3/c1-5-25-16-8-7-15(12-17(16)24-4)23-19(20-3)22-13-14-9-10-21-18(11-14)26-6-2/h7-12H,5-6,13H2,1-4H3,(H2,20,22,23). The molecule has 0 spiro atoms. The Morgan fingerprint density at radius 1 is 1.08 bits per heavy atom. The molecule has 2 N–H and O–H groups in total. The van der Waals surface area contributed by atoms with Crippen molar-refractivity contribution in [3.63, 3.8) is 0 Å². The lowest BCUT2D eigenvalue weighted by molar-refractivity contribution is 0.311. The van der Waals surface area contributed by atoms with E-state index in [4.69, 9.17) is 14.2 Å². The molecule has 26 heavy (non-hydrogen) atoms. The minimum Gasteiger partial charge on any atom is -0.493 e. The molecule has 0 aliphatic heterocycles. The molecule has 7 nitrogen and oxygen atoms in total. The fourth-order valence-electron chi connectivity index (χ4n) is 2.31. The molecule has 0 atom stereocenters. The van der Waals surface area contributed by atoms with Gasteiger partial charge in [-0.25, -0.2) is 4.98 Å². The smallest absolute Gasteiger partial charge is 0.213 e. The number of pyridine rings is 1. The minimum absolute atomic E-state index is 0.585. The van der Waals surface area contributed by atoms with E-state index in [-0.39, 0.29) is 0 Å². The van der Waals surface area contributed by atoms with Crippen molar-refractivity contribution in [1.29, 1.82) is 0 Å². The van der Waals surface area contributed by atoms with Gasteiger partial charge in [-0.3, -0.25) is 4.99 Å². The summed E-state index contributed by atoms with van der Waals surface area (Å²) in [6.45, 7) is 5.64. The summed E-state index contributed by atoms with van der Waals surface area (Å²) in [6.07, 6.45) is 1.73. The zero-order chi connectivity index (χ0) is 18.8. The highest BCUT2D eigenvalue weighted by atomic mass is 16.5. The maximum atomic E-state index is 5.53. The number of anilines is 1. The quantitative estimate of drug-likeness (QED) is 0.558. The van der Waals surface area contributed by atoms with Crippen LogP contribution in [0.15, 0.2) is 41.5 Å². The van der Waals surface area contributed by atoms with Crippen LogP contribution in [0.3, 0.4) is 0 Å².